The van der Waals surface area contributed by atoms with Crippen LogP contribution < -0.4 is 4.72 Å². The number of carbonyl (C=O) groups is 1. The minimum Gasteiger partial charge on any atom is -0.284 e. The summed E-state index contributed by atoms with van der Waals surface area (Å²) in [7, 11) is -1.31. The fourth-order valence-corrected chi connectivity index (χ4v) is 5.47. The van der Waals surface area contributed by atoms with Gasteiger partial charge >= 0.3 is 0 Å². The Balaban J connectivity index is 1.57. The van der Waals surface area contributed by atoms with Gasteiger partial charge in [0.2, 0.25) is 10.0 Å². The molecule has 2 aliphatic rings. The molecule has 1 N–H and O–H groups in total. The number of nitrogens with one attached hydrogen (secondary N) is 1. The molecule has 0 atom stereocenters. The van der Waals surface area contributed by atoms with Crippen molar-refractivity contribution in [1.82, 2.24) is 10.0 Å². The Bertz CT molecular complexity index is 1090. The Morgan fingerprint density at radius 3 is 2.55 bits per heavy atom. The lowest BCUT2D eigenvalue weighted by Crippen LogP contribution is -2.42. The highest BCUT2D eigenvalue weighted by atomic mass is 32.2. The molecule has 31 heavy (non-hydrogen) atoms. The third kappa shape index (κ3) is 4.93. The Kier molecular flexibility index (Phi) is 6.08. The van der Waals surface area contributed by atoms with E-state index in [0.29, 0.717) is 18.2 Å². The summed E-state index contributed by atoms with van der Waals surface area (Å²) < 4.78 is 25.7. The third-order valence-electron chi connectivity index (χ3n) is 6.34. The highest BCUT2D eigenvalue weighted by Gasteiger charge is 2.33. The van der Waals surface area contributed by atoms with Crippen LogP contribution in [0.3, 0.4) is 0 Å². The van der Waals surface area contributed by atoms with Crippen LogP contribution in [0.1, 0.15) is 53.6 Å². The second-order valence-electron chi connectivity index (χ2n) is 8.99. The van der Waals surface area contributed by atoms with Gasteiger partial charge in [-0.2, -0.15) is 0 Å². The molecule has 4 rings (SSSR count). The fraction of sp³-hybridized carbons (Fsp3) is 0.458. The largest absolute Gasteiger partial charge is 0.284 e. The number of carbonyl (C=O) groups excluding carboxylic acids is 1. The first-order chi connectivity index (χ1) is 14.7. The molecule has 0 unspecified atom stereocenters. The number of hydrogen-bond acceptors (Lipinski definition) is 4. The first-order valence-corrected chi connectivity index (χ1v) is 12.8. The first-order valence-electron chi connectivity index (χ1n) is 11.0. The van der Waals surface area contributed by atoms with Crippen LogP contribution in [0, 0.1) is 12.8 Å². The van der Waals surface area contributed by atoms with Gasteiger partial charge in [0.1, 0.15) is 0 Å². The lowest BCUT2D eigenvalue weighted by Gasteiger charge is -2.32. The average Bonchev–Trinajstić information content (AvgIpc) is 3.05. The zero-order valence-corrected chi connectivity index (χ0v) is 19.3. The van der Waals surface area contributed by atoms with Gasteiger partial charge < -0.3 is 0 Å². The van der Waals surface area contributed by atoms with Gasteiger partial charge in [-0.3, -0.25) is 14.5 Å². The van der Waals surface area contributed by atoms with Crippen molar-refractivity contribution in [2.75, 3.05) is 24.6 Å². The van der Waals surface area contributed by atoms with Gasteiger partial charge in [0.15, 0.2) is 0 Å². The number of rotatable bonds is 6. The Morgan fingerprint density at radius 2 is 1.84 bits per heavy atom. The van der Waals surface area contributed by atoms with Crippen LogP contribution >= 0.6 is 0 Å². The summed E-state index contributed by atoms with van der Waals surface area (Å²) >= 11 is 0. The molecule has 1 amide bonds. The minimum atomic E-state index is -3.34. The molecule has 1 aliphatic heterocycles. The van der Waals surface area contributed by atoms with E-state index in [-0.39, 0.29) is 5.91 Å². The fourth-order valence-electron chi connectivity index (χ4n) is 4.91. The predicted molar refractivity (Wildman–Crippen MR) is 124 cm³/mol. The zero-order valence-electron chi connectivity index (χ0n) is 18.5. The van der Waals surface area contributed by atoms with Crippen molar-refractivity contribution < 1.29 is 13.2 Å². The SMILES string of the molecule is Cc1cc(-c2cccc(NS(C)(=O)=O)c2)cc2c1C(=O)N(N(C)CC1CCCCC1)C2. The number of fused-ring (bicyclic) bond motifs is 1. The van der Waals surface area contributed by atoms with Crippen molar-refractivity contribution in [3.05, 3.63) is 53.1 Å². The summed E-state index contributed by atoms with van der Waals surface area (Å²) in [5.74, 6) is 0.738. The molecule has 0 aromatic heterocycles. The number of hydrazine groups is 1. The Labute approximate surface area is 185 Å². The zero-order chi connectivity index (χ0) is 22.2. The van der Waals surface area contributed by atoms with E-state index in [2.05, 4.69) is 15.8 Å². The van der Waals surface area contributed by atoms with Gasteiger partial charge in [0.05, 0.1) is 12.8 Å². The van der Waals surface area contributed by atoms with Crippen molar-refractivity contribution in [3.8, 4) is 11.1 Å². The predicted octanol–water partition coefficient (Wildman–Crippen LogP) is 4.42. The van der Waals surface area contributed by atoms with Crippen LogP contribution in [0.5, 0.6) is 0 Å². The van der Waals surface area contributed by atoms with Crippen molar-refractivity contribution in [1.29, 1.82) is 0 Å². The van der Waals surface area contributed by atoms with Gasteiger partial charge in [-0.25, -0.2) is 13.4 Å². The molecule has 0 spiro atoms. The van der Waals surface area contributed by atoms with Crippen LogP contribution in [-0.2, 0) is 16.6 Å². The highest BCUT2D eigenvalue weighted by Crippen LogP contribution is 2.33. The van der Waals surface area contributed by atoms with Gasteiger partial charge in [-0.1, -0.05) is 37.5 Å². The first kappa shape index (κ1) is 21.8. The molecule has 166 valence electrons. The highest BCUT2D eigenvalue weighted by molar-refractivity contribution is 7.92. The second-order valence-corrected chi connectivity index (χ2v) is 10.7. The molecule has 2 aromatic rings. The molecule has 0 bridgehead atoms. The van der Waals surface area contributed by atoms with E-state index < -0.39 is 10.0 Å². The normalized spacial score (nSPS) is 17.3. The van der Waals surface area contributed by atoms with Gasteiger partial charge in [-0.05, 0) is 66.1 Å². The number of hydrogen-bond donors (Lipinski definition) is 1. The molecule has 1 aliphatic carbocycles. The van der Waals surface area contributed by atoms with Crippen molar-refractivity contribution in [3.63, 3.8) is 0 Å². The molecule has 2 aromatic carbocycles. The third-order valence-corrected chi connectivity index (χ3v) is 6.95. The van der Waals surface area contributed by atoms with E-state index in [1.54, 1.807) is 6.07 Å². The maximum Gasteiger partial charge on any atom is 0.269 e. The van der Waals surface area contributed by atoms with E-state index in [0.717, 1.165) is 40.6 Å². The number of sulfonamides is 1. The van der Waals surface area contributed by atoms with E-state index >= 15 is 0 Å². The van der Waals surface area contributed by atoms with Crippen LogP contribution in [0.15, 0.2) is 36.4 Å². The Hall–Kier alpha value is -2.38. The number of aryl methyl sites for hydroxylation is 1. The topological polar surface area (TPSA) is 69.7 Å². The van der Waals surface area contributed by atoms with Crippen molar-refractivity contribution in [2.45, 2.75) is 45.6 Å². The summed E-state index contributed by atoms with van der Waals surface area (Å²) in [6, 6.07) is 11.4. The van der Waals surface area contributed by atoms with Crippen LogP contribution in [-0.4, -0.2) is 44.2 Å². The monoisotopic (exact) mass is 441 g/mol. The lowest BCUT2D eigenvalue weighted by atomic mass is 9.89. The lowest BCUT2D eigenvalue weighted by molar-refractivity contribution is -0.00385. The van der Waals surface area contributed by atoms with Gasteiger partial charge in [-0.15, -0.1) is 0 Å². The van der Waals surface area contributed by atoms with Crippen LogP contribution in [0.4, 0.5) is 5.69 Å². The van der Waals surface area contributed by atoms with E-state index in [4.69, 9.17) is 0 Å². The molecule has 0 radical (unpaired) electrons. The van der Waals surface area contributed by atoms with E-state index in [1.807, 2.05) is 43.2 Å². The molecule has 1 heterocycles. The number of nitrogens with zero attached hydrogens (tertiary/aromatic N) is 2. The maximum atomic E-state index is 13.2. The molecule has 6 nitrogen and oxygen atoms in total. The number of anilines is 1. The minimum absolute atomic E-state index is 0.0739. The Morgan fingerprint density at radius 1 is 1.10 bits per heavy atom. The molecule has 7 heteroatoms. The summed E-state index contributed by atoms with van der Waals surface area (Å²) in [5, 5.41) is 3.98. The number of benzene rings is 2. The van der Waals surface area contributed by atoms with Gasteiger partial charge in [0, 0.05) is 24.8 Å². The standard InChI is InChI=1S/C24H31N3O3S/c1-17-12-20(19-10-7-11-22(14-19)25-31(3,29)30)13-21-16-27(24(28)23(17)21)26(2)15-18-8-5-4-6-9-18/h7,10-14,18,25H,4-6,8-9,15-16H2,1-3H3. The van der Waals surface area contributed by atoms with Crippen molar-refractivity contribution >= 4 is 21.6 Å². The summed E-state index contributed by atoms with van der Waals surface area (Å²) in [5.41, 5.74) is 5.20. The quantitative estimate of drug-likeness (QED) is 0.721. The molecule has 1 fully saturated rings. The molecule has 1 saturated carbocycles. The molecular weight excluding hydrogens is 410 g/mol. The van der Waals surface area contributed by atoms with E-state index in [9.17, 15) is 13.2 Å². The van der Waals surface area contributed by atoms with Crippen LogP contribution in [0.25, 0.3) is 11.1 Å². The molecule has 0 saturated heterocycles. The smallest absolute Gasteiger partial charge is 0.269 e. The maximum absolute atomic E-state index is 13.2. The second kappa shape index (κ2) is 8.63. The van der Waals surface area contributed by atoms with E-state index in [1.165, 1.54) is 32.1 Å². The van der Waals surface area contributed by atoms with Gasteiger partial charge in [0.25, 0.3) is 5.91 Å². The average molecular weight is 442 g/mol. The van der Waals surface area contributed by atoms with Crippen LogP contribution in [0.2, 0.25) is 0 Å². The summed E-state index contributed by atoms with van der Waals surface area (Å²) in [4.78, 5) is 13.2. The molecular formula is C24H31N3O3S. The summed E-state index contributed by atoms with van der Waals surface area (Å²) in [6.45, 7) is 3.47. The number of amides is 1. The summed E-state index contributed by atoms with van der Waals surface area (Å²) in [6.07, 6.45) is 7.56. The van der Waals surface area contributed by atoms with Crippen molar-refractivity contribution in [2.24, 2.45) is 5.92 Å².